The molecule has 20 heavy (non-hydrogen) atoms. The maximum atomic E-state index is 5.84. The number of furan rings is 1. The van der Waals surface area contributed by atoms with Crippen molar-refractivity contribution in [3.8, 4) is 5.75 Å². The molecule has 0 spiro atoms. The minimum absolute atomic E-state index is 0.384. The Balaban J connectivity index is 1.83. The first kappa shape index (κ1) is 12.7. The van der Waals surface area contributed by atoms with Gasteiger partial charge in [-0.1, -0.05) is 6.07 Å². The van der Waals surface area contributed by atoms with Crippen LogP contribution in [-0.4, -0.2) is 4.98 Å². The molecule has 0 fully saturated rings. The lowest BCUT2D eigenvalue weighted by Gasteiger charge is -2.07. The Morgan fingerprint density at radius 3 is 2.95 bits per heavy atom. The molecule has 0 saturated heterocycles. The van der Waals surface area contributed by atoms with Crippen LogP contribution in [0, 0.1) is 6.92 Å². The third-order valence-corrected chi connectivity index (χ3v) is 3.27. The van der Waals surface area contributed by atoms with E-state index < -0.39 is 0 Å². The van der Waals surface area contributed by atoms with E-state index in [1.165, 1.54) is 0 Å². The molecule has 1 aromatic carbocycles. The number of ether oxygens (including phenoxy) is 1. The van der Waals surface area contributed by atoms with Crippen molar-refractivity contribution in [3.63, 3.8) is 0 Å². The van der Waals surface area contributed by atoms with Crippen molar-refractivity contribution in [2.75, 3.05) is 0 Å². The van der Waals surface area contributed by atoms with Crippen molar-refractivity contribution in [3.05, 3.63) is 59.7 Å². The first-order valence-corrected chi connectivity index (χ1v) is 6.52. The molecule has 0 radical (unpaired) electrons. The Bertz CT molecular complexity index is 729. The number of pyridine rings is 1. The molecule has 4 heteroatoms. The molecule has 0 bridgehead atoms. The fourth-order valence-electron chi connectivity index (χ4n) is 2.21. The predicted octanol–water partition coefficient (Wildman–Crippen LogP) is 3.17. The first-order chi connectivity index (χ1) is 9.78. The van der Waals surface area contributed by atoms with Crippen molar-refractivity contribution < 1.29 is 9.15 Å². The minimum Gasteiger partial charge on any atom is -0.485 e. The summed E-state index contributed by atoms with van der Waals surface area (Å²) >= 11 is 0. The zero-order valence-electron chi connectivity index (χ0n) is 11.3. The zero-order valence-corrected chi connectivity index (χ0v) is 11.3. The number of aromatic nitrogens is 1. The van der Waals surface area contributed by atoms with Crippen molar-refractivity contribution in [2.24, 2.45) is 5.73 Å². The molecule has 2 N–H and O–H groups in total. The summed E-state index contributed by atoms with van der Waals surface area (Å²) in [6, 6.07) is 11.7. The molecule has 3 rings (SSSR count). The Kier molecular flexibility index (Phi) is 3.39. The SMILES string of the molecule is Cc1oc(COc2cccc3ncccc23)cc1CN. The smallest absolute Gasteiger partial charge is 0.146 e. The van der Waals surface area contributed by atoms with E-state index in [0.717, 1.165) is 33.7 Å². The molecule has 3 aromatic rings. The van der Waals surface area contributed by atoms with Crippen LogP contribution in [0.4, 0.5) is 0 Å². The number of fused-ring (bicyclic) bond motifs is 1. The Hall–Kier alpha value is -2.33. The van der Waals surface area contributed by atoms with Crippen molar-refractivity contribution in [1.82, 2.24) is 4.98 Å². The lowest BCUT2D eigenvalue weighted by Crippen LogP contribution is -1.96. The maximum absolute atomic E-state index is 5.84. The molecule has 2 aromatic heterocycles. The summed E-state index contributed by atoms with van der Waals surface area (Å²) in [5.41, 5.74) is 7.57. The molecule has 102 valence electrons. The summed E-state index contributed by atoms with van der Waals surface area (Å²) in [7, 11) is 0. The van der Waals surface area contributed by atoms with E-state index in [-0.39, 0.29) is 0 Å². The predicted molar refractivity (Wildman–Crippen MR) is 77.4 cm³/mol. The van der Waals surface area contributed by atoms with Gasteiger partial charge in [0.2, 0.25) is 0 Å². The van der Waals surface area contributed by atoms with Gasteiger partial charge in [-0.2, -0.15) is 0 Å². The molecule has 0 saturated carbocycles. The molecule has 2 heterocycles. The van der Waals surface area contributed by atoms with E-state index in [0.29, 0.717) is 13.2 Å². The number of nitrogens with zero attached hydrogens (tertiary/aromatic N) is 1. The van der Waals surface area contributed by atoms with E-state index in [2.05, 4.69) is 4.98 Å². The lowest BCUT2D eigenvalue weighted by atomic mass is 10.2. The van der Waals surface area contributed by atoms with Gasteiger partial charge in [0.1, 0.15) is 23.9 Å². The van der Waals surface area contributed by atoms with Crippen molar-refractivity contribution >= 4 is 10.9 Å². The van der Waals surface area contributed by atoms with Crippen LogP contribution in [0.2, 0.25) is 0 Å². The second-order valence-electron chi connectivity index (χ2n) is 4.61. The van der Waals surface area contributed by atoms with Gasteiger partial charge in [0.25, 0.3) is 0 Å². The van der Waals surface area contributed by atoms with Crippen LogP contribution in [-0.2, 0) is 13.2 Å². The Morgan fingerprint density at radius 2 is 2.15 bits per heavy atom. The van der Waals surface area contributed by atoms with Gasteiger partial charge in [-0.3, -0.25) is 4.98 Å². The third-order valence-electron chi connectivity index (χ3n) is 3.27. The van der Waals surface area contributed by atoms with Gasteiger partial charge in [-0.15, -0.1) is 0 Å². The summed E-state index contributed by atoms with van der Waals surface area (Å²) < 4.78 is 11.5. The molecule has 0 unspecified atom stereocenters. The standard InChI is InChI=1S/C16H16N2O2/c1-11-12(9-17)8-13(20-11)10-19-16-6-2-5-15-14(16)4-3-7-18-15/h2-8H,9-10,17H2,1H3. The van der Waals surface area contributed by atoms with Crippen LogP contribution in [0.15, 0.2) is 47.0 Å². The number of rotatable bonds is 4. The Labute approximate surface area is 117 Å². The van der Waals surface area contributed by atoms with Crippen molar-refractivity contribution in [1.29, 1.82) is 0 Å². The van der Waals surface area contributed by atoms with E-state index in [1.54, 1.807) is 6.20 Å². The molecule has 4 nitrogen and oxygen atoms in total. The molecular formula is C16H16N2O2. The number of hydrogen-bond donors (Lipinski definition) is 1. The highest BCUT2D eigenvalue weighted by atomic mass is 16.5. The van der Waals surface area contributed by atoms with E-state index >= 15 is 0 Å². The van der Waals surface area contributed by atoms with E-state index in [1.807, 2.05) is 43.3 Å². The van der Waals surface area contributed by atoms with Crippen LogP contribution in [0.1, 0.15) is 17.1 Å². The van der Waals surface area contributed by atoms with Crippen molar-refractivity contribution in [2.45, 2.75) is 20.1 Å². The minimum atomic E-state index is 0.384. The lowest BCUT2D eigenvalue weighted by molar-refractivity contribution is 0.270. The topological polar surface area (TPSA) is 61.3 Å². The number of nitrogens with two attached hydrogens (primary N) is 1. The Morgan fingerprint density at radius 1 is 1.25 bits per heavy atom. The van der Waals surface area contributed by atoms with Gasteiger partial charge in [0, 0.05) is 23.7 Å². The van der Waals surface area contributed by atoms with E-state index in [4.69, 9.17) is 14.9 Å². The number of hydrogen-bond acceptors (Lipinski definition) is 4. The fourth-order valence-corrected chi connectivity index (χ4v) is 2.21. The van der Waals surface area contributed by atoms with Crippen LogP contribution in [0.5, 0.6) is 5.75 Å². The molecule has 0 aliphatic rings. The van der Waals surface area contributed by atoms with Gasteiger partial charge in [-0.05, 0) is 37.3 Å². The number of benzene rings is 1. The van der Waals surface area contributed by atoms with Crippen LogP contribution >= 0.6 is 0 Å². The number of aryl methyl sites for hydroxylation is 1. The molecule has 0 aliphatic heterocycles. The summed E-state index contributed by atoms with van der Waals surface area (Å²) in [5.74, 6) is 2.44. The summed E-state index contributed by atoms with van der Waals surface area (Å²) in [6.07, 6.45) is 1.77. The van der Waals surface area contributed by atoms with Crippen LogP contribution in [0.3, 0.4) is 0 Å². The molecule has 0 aliphatic carbocycles. The molecular weight excluding hydrogens is 252 g/mol. The third kappa shape index (κ3) is 2.38. The van der Waals surface area contributed by atoms with Gasteiger partial charge < -0.3 is 14.9 Å². The summed E-state index contributed by atoms with van der Waals surface area (Å²) in [5, 5.41) is 0.998. The average Bonchev–Trinajstić information content (AvgIpc) is 2.85. The van der Waals surface area contributed by atoms with Gasteiger partial charge in [-0.25, -0.2) is 0 Å². The molecule has 0 amide bonds. The van der Waals surface area contributed by atoms with E-state index in [9.17, 15) is 0 Å². The maximum Gasteiger partial charge on any atom is 0.146 e. The summed E-state index contributed by atoms with van der Waals surface area (Å²) in [6.45, 7) is 2.77. The highest BCUT2D eigenvalue weighted by Gasteiger charge is 2.08. The van der Waals surface area contributed by atoms with Gasteiger partial charge in [0.05, 0.1) is 5.52 Å². The van der Waals surface area contributed by atoms with Crippen LogP contribution in [0.25, 0.3) is 10.9 Å². The normalized spacial score (nSPS) is 10.9. The monoisotopic (exact) mass is 268 g/mol. The average molecular weight is 268 g/mol. The second-order valence-corrected chi connectivity index (χ2v) is 4.61. The quantitative estimate of drug-likeness (QED) is 0.789. The van der Waals surface area contributed by atoms with Gasteiger partial charge >= 0.3 is 0 Å². The molecule has 0 atom stereocenters. The van der Waals surface area contributed by atoms with Gasteiger partial charge in [0.15, 0.2) is 0 Å². The zero-order chi connectivity index (χ0) is 13.9. The largest absolute Gasteiger partial charge is 0.485 e. The fraction of sp³-hybridized carbons (Fsp3) is 0.188. The van der Waals surface area contributed by atoms with Crippen LogP contribution < -0.4 is 10.5 Å². The highest BCUT2D eigenvalue weighted by Crippen LogP contribution is 2.25. The summed E-state index contributed by atoms with van der Waals surface area (Å²) in [4.78, 5) is 4.31. The highest BCUT2D eigenvalue weighted by molar-refractivity contribution is 5.84. The second kappa shape index (κ2) is 5.35. The first-order valence-electron chi connectivity index (χ1n) is 6.52.